The third kappa shape index (κ3) is 4.29. The minimum Gasteiger partial charge on any atom is -0.494 e. The van der Waals surface area contributed by atoms with Crippen molar-refractivity contribution in [3.8, 4) is 5.75 Å². The van der Waals surface area contributed by atoms with Gasteiger partial charge in [0.1, 0.15) is 5.75 Å². The van der Waals surface area contributed by atoms with Crippen molar-refractivity contribution in [1.82, 2.24) is 14.1 Å². The highest BCUT2D eigenvalue weighted by atomic mass is 32.2. The topological polar surface area (TPSA) is 106 Å². The quantitative estimate of drug-likeness (QED) is 0.532. The maximum absolute atomic E-state index is 13.3. The number of fused-ring (bicyclic) bond motifs is 1. The van der Waals surface area contributed by atoms with Gasteiger partial charge in [-0.2, -0.15) is 9.40 Å². The van der Waals surface area contributed by atoms with Crippen LogP contribution in [-0.4, -0.2) is 53.3 Å². The SMILES string of the molecule is [C-]#[N+]c1ccc2c(CC(=O)O)nn([C@H]3CN(S(=O)(=O)c4ccc(OCC)cc4)C[C@H]3C)c2c1. The maximum Gasteiger partial charge on any atom is 0.309 e. The maximum atomic E-state index is 13.3. The number of carbonyl (C=O) groups is 1. The van der Waals surface area contributed by atoms with Crippen molar-refractivity contribution in [2.24, 2.45) is 5.92 Å². The van der Waals surface area contributed by atoms with Crippen LogP contribution >= 0.6 is 0 Å². The van der Waals surface area contributed by atoms with E-state index in [1.165, 1.54) is 16.4 Å². The van der Waals surface area contributed by atoms with Gasteiger partial charge < -0.3 is 9.84 Å². The van der Waals surface area contributed by atoms with Gasteiger partial charge in [0.05, 0.1) is 41.7 Å². The molecule has 0 unspecified atom stereocenters. The van der Waals surface area contributed by atoms with Crippen molar-refractivity contribution in [2.75, 3.05) is 19.7 Å². The molecule has 172 valence electrons. The molecule has 1 saturated heterocycles. The molecule has 0 radical (unpaired) electrons. The van der Waals surface area contributed by atoms with Crippen molar-refractivity contribution in [2.45, 2.75) is 31.2 Å². The van der Waals surface area contributed by atoms with Gasteiger partial charge in [0.15, 0.2) is 5.69 Å². The first-order valence-electron chi connectivity index (χ1n) is 10.6. The minimum atomic E-state index is -3.73. The number of carboxylic acid groups (broad SMARTS) is 1. The number of nitrogens with zero attached hydrogens (tertiary/aromatic N) is 4. The molecule has 10 heteroatoms. The molecule has 0 saturated carbocycles. The molecule has 2 aromatic carbocycles. The van der Waals surface area contributed by atoms with Crippen molar-refractivity contribution in [3.05, 3.63) is 59.6 Å². The Hall–Kier alpha value is -3.42. The summed E-state index contributed by atoms with van der Waals surface area (Å²) in [7, 11) is -3.73. The molecular weight excluding hydrogens is 444 g/mol. The number of aromatic nitrogens is 2. The second-order valence-corrected chi connectivity index (χ2v) is 9.98. The summed E-state index contributed by atoms with van der Waals surface area (Å²) < 4.78 is 35.1. The molecule has 2 atom stereocenters. The number of ether oxygens (including phenoxy) is 1. The Morgan fingerprint density at radius 2 is 1.97 bits per heavy atom. The molecular formula is C23H24N4O5S. The van der Waals surface area contributed by atoms with Crippen molar-refractivity contribution >= 4 is 32.6 Å². The van der Waals surface area contributed by atoms with Crippen molar-refractivity contribution < 1.29 is 23.1 Å². The van der Waals surface area contributed by atoms with E-state index in [0.717, 1.165) is 0 Å². The zero-order valence-electron chi connectivity index (χ0n) is 18.3. The van der Waals surface area contributed by atoms with Crippen LogP contribution in [0.15, 0.2) is 47.4 Å². The zero-order valence-corrected chi connectivity index (χ0v) is 19.1. The number of sulfonamides is 1. The van der Waals surface area contributed by atoms with Crippen LogP contribution in [0.25, 0.3) is 15.7 Å². The smallest absolute Gasteiger partial charge is 0.309 e. The Morgan fingerprint density at radius 1 is 1.24 bits per heavy atom. The highest BCUT2D eigenvalue weighted by Gasteiger charge is 2.39. The molecule has 0 spiro atoms. The van der Waals surface area contributed by atoms with E-state index < -0.39 is 16.0 Å². The van der Waals surface area contributed by atoms with E-state index in [2.05, 4.69) is 9.94 Å². The Bertz CT molecular complexity index is 1340. The van der Waals surface area contributed by atoms with Gasteiger partial charge in [0.2, 0.25) is 10.0 Å². The highest BCUT2D eigenvalue weighted by molar-refractivity contribution is 7.89. The monoisotopic (exact) mass is 468 g/mol. The molecule has 1 fully saturated rings. The Balaban J connectivity index is 1.68. The van der Waals surface area contributed by atoms with Crippen molar-refractivity contribution in [1.29, 1.82) is 0 Å². The third-order valence-electron chi connectivity index (χ3n) is 5.84. The second-order valence-electron chi connectivity index (χ2n) is 8.05. The van der Waals surface area contributed by atoms with E-state index in [1.807, 2.05) is 13.8 Å². The molecule has 0 aliphatic carbocycles. The van der Waals surface area contributed by atoms with Crippen molar-refractivity contribution in [3.63, 3.8) is 0 Å². The fourth-order valence-electron chi connectivity index (χ4n) is 4.23. The Kier molecular flexibility index (Phi) is 6.10. The number of hydrogen-bond acceptors (Lipinski definition) is 5. The normalized spacial score (nSPS) is 18.9. The van der Waals surface area contributed by atoms with Gasteiger partial charge in [-0.15, -0.1) is 0 Å². The third-order valence-corrected chi connectivity index (χ3v) is 7.69. The molecule has 3 aromatic rings. The van der Waals surface area contributed by atoms with E-state index >= 15 is 0 Å². The van der Waals surface area contributed by atoms with Crippen LogP contribution in [0.5, 0.6) is 5.75 Å². The van der Waals surface area contributed by atoms with E-state index in [0.29, 0.717) is 41.2 Å². The lowest BCUT2D eigenvalue weighted by atomic mass is 10.1. The lowest BCUT2D eigenvalue weighted by Crippen LogP contribution is -2.29. The summed E-state index contributed by atoms with van der Waals surface area (Å²) >= 11 is 0. The van der Waals surface area contributed by atoms with Crippen LogP contribution in [0.4, 0.5) is 5.69 Å². The predicted octanol–water partition coefficient (Wildman–Crippen LogP) is 3.49. The number of hydrogen-bond donors (Lipinski definition) is 1. The zero-order chi connectivity index (χ0) is 23.8. The van der Waals surface area contributed by atoms with Crippen LogP contribution in [0.2, 0.25) is 0 Å². The molecule has 0 bridgehead atoms. The van der Waals surface area contributed by atoms with Crippen LogP contribution in [-0.2, 0) is 21.2 Å². The highest BCUT2D eigenvalue weighted by Crippen LogP contribution is 2.35. The summed E-state index contributed by atoms with van der Waals surface area (Å²) in [6, 6.07) is 11.1. The van der Waals surface area contributed by atoms with Crippen LogP contribution in [0.3, 0.4) is 0 Å². The predicted molar refractivity (Wildman–Crippen MR) is 122 cm³/mol. The first kappa shape index (κ1) is 22.8. The van der Waals surface area contributed by atoms with Gasteiger partial charge in [0.25, 0.3) is 0 Å². The molecule has 1 N–H and O–H groups in total. The van der Waals surface area contributed by atoms with Gasteiger partial charge in [-0.3, -0.25) is 9.48 Å². The molecule has 1 aliphatic rings. The summed E-state index contributed by atoms with van der Waals surface area (Å²) in [6.45, 7) is 12.1. The summed E-state index contributed by atoms with van der Waals surface area (Å²) in [4.78, 5) is 15.0. The summed E-state index contributed by atoms with van der Waals surface area (Å²) in [6.07, 6.45) is -0.254. The lowest BCUT2D eigenvalue weighted by Gasteiger charge is -2.18. The number of carboxylic acids is 1. The molecule has 1 aromatic heterocycles. The molecule has 33 heavy (non-hydrogen) atoms. The molecule has 2 heterocycles. The standard InChI is InChI=1S/C23H24N4O5S/c1-4-32-17-6-8-18(9-7-17)33(30,31)26-13-15(2)22(14-26)27-21-11-16(24-3)5-10-19(21)20(25-27)12-23(28)29/h5-11,15,22H,4,12-14H2,1-2H3,(H,28,29)/t15-,22+/m1/s1. The molecule has 1 aliphatic heterocycles. The largest absolute Gasteiger partial charge is 0.494 e. The van der Waals surface area contributed by atoms with Gasteiger partial charge in [-0.05, 0) is 43.2 Å². The minimum absolute atomic E-state index is 0.0696. The molecule has 9 nitrogen and oxygen atoms in total. The van der Waals surface area contributed by atoms with Gasteiger partial charge in [0, 0.05) is 18.5 Å². The number of rotatable bonds is 7. The Labute approximate surface area is 192 Å². The first-order chi connectivity index (χ1) is 15.7. The van der Waals surface area contributed by atoms with E-state index in [9.17, 15) is 18.3 Å². The Morgan fingerprint density at radius 3 is 2.61 bits per heavy atom. The van der Waals surface area contributed by atoms with Crippen LogP contribution in [0.1, 0.15) is 25.6 Å². The average molecular weight is 469 g/mol. The van der Waals surface area contributed by atoms with Gasteiger partial charge >= 0.3 is 5.97 Å². The molecule has 0 amide bonds. The first-order valence-corrected chi connectivity index (χ1v) is 12.0. The fourth-order valence-corrected chi connectivity index (χ4v) is 5.79. The second kappa shape index (κ2) is 8.84. The summed E-state index contributed by atoms with van der Waals surface area (Å²) in [5, 5.41) is 14.5. The van der Waals surface area contributed by atoms with Crippen LogP contribution in [0, 0.1) is 12.5 Å². The van der Waals surface area contributed by atoms with Gasteiger partial charge in [-0.1, -0.05) is 19.1 Å². The average Bonchev–Trinajstić information content (AvgIpc) is 3.34. The number of aliphatic carboxylic acids is 1. The summed E-state index contributed by atoms with van der Waals surface area (Å²) in [5.41, 5.74) is 1.45. The fraction of sp³-hybridized carbons (Fsp3) is 0.348. The van der Waals surface area contributed by atoms with E-state index in [-0.39, 0.29) is 29.8 Å². The van der Waals surface area contributed by atoms with Gasteiger partial charge in [-0.25, -0.2) is 13.3 Å². The molecule has 4 rings (SSSR count). The summed E-state index contributed by atoms with van der Waals surface area (Å²) in [5.74, 6) is -0.469. The van der Waals surface area contributed by atoms with E-state index in [1.54, 1.807) is 35.0 Å². The lowest BCUT2D eigenvalue weighted by molar-refractivity contribution is -0.136. The van der Waals surface area contributed by atoms with E-state index in [4.69, 9.17) is 11.3 Å². The van der Waals surface area contributed by atoms with Crippen LogP contribution < -0.4 is 4.74 Å². The number of benzene rings is 2.